The number of thiophene rings is 1. The molecule has 1 N–H and O–H groups in total. The molecule has 0 aromatic carbocycles. The first-order valence-corrected chi connectivity index (χ1v) is 6.45. The second-order valence-electron chi connectivity index (χ2n) is 4.45. The molecule has 1 saturated heterocycles. The van der Waals surface area contributed by atoms with E-state index in [9.17, 15) is 0 Å². The van der Waals surface area contributed by atoms with Crippen molar-refractivity contribution in [2.45, 2.75) is 32.7 Å². The molecule has 82 valence electrons. The molecule has 1 aliphatic heterocycles. The molecule has 0 bridgehead atoms. The molecule has 3 heteroatoms. The van der Waals surface area contributed by atoms with Gasteiger partial charge in [0.25, 0.3) is 0 Å². The highest BCUT2D eigenvalue weighted by Gasteiger charge is 2.29. The molecular formula is C12H18N2S. The van der Waals surface area contributed by atoms with Crippen LogP contribution in [0.1, 0.15) is 37.6 Å². The predicted molar refractivity (Wildman–Crippen MR) is 65.6 cm³/mol. The van der Waals surface area contributed by atoms with Gasteiger partial charge in [-0.3, -0.25) is 5.41 Å². The highest BCUT2D eigenvalue weighted by molar-refractivity contribution is 7.10. The summed E-state index contributed by atoms with van der Waals surface area (Å²) in [5, 5.41) is 10.1. The van der Waals surface area contributed by atoms with Gasteiger partial charge in [-0.05, 0) is 23.8 Å². The van der Waals surface area contributed by atoms with Crippen LogP contribution in [0.2, 0.25) is 0 Å². The maximum Gasteiger partial charge on any atom is 0.0963 e. The van der Waals surface area contributed by atoms with Gasteiger partial charge >= 0.3 is 0 Å². The summed E-state index contributed by atoms with van der Waals surface area (Å²) in [5.41, 5.74) is 0. The number of hydrogen-bond donors (Lipinski definition) is 1. The third kappa shape index (κ3) is 2.07. The van der Waals surface area contributed by atoms with Crippen LogP contribution in [0, 0.1) is 11.3 Å². The second kappa shape index (κ2) is 4.35. The molecule has 1 unspecified atom stereocenters. The number of hydrogen-bond acceptors (Lipinski definition) is 2. The van der Waals surface area contributed by atoms with Crippen LogP contribution in [0.3, 0.4) is 0 Å². The van der Waals surface area contributed by atoms with Crippen molar-refractivity contribution in [2.24, 2.45) is 5.92 Å². The van der Waals surface area contributed by atoms with Gasteiger partial charge in [0.05, 0.1) is 11.9 Å². The molecule has 0 saturated carbocycles. The largest absolute Gasteiger partial charge is 0.352 e. The van der Waals surface area contributed by atoms with Crippen LogP contribution in [0.5, 0.6) is 0 Å². The minimum atomic E-state index is 0.417. The van der Waals surface area contributed by atoms with E-state index in [2.05, 4.69) is 36.3 Å². The molecule has 1 aliphatic rings. The van der Waals surface area contributed by atoms with Gasteiger partial charge in [-0.15, -0.1) is 11.3 Å². The van der Waals surface area contributed by atoms with Crippen molar-refractivity contribution in [1.29, 1.82) is 5.41 Å². The van der Waals surface area contributed by atoms with Crippen molar-refractivity contribution >= 4 is 17.2 Å². The van der Waals surface area contributed by atoms with E-state index in [0.717, 1.165) is 25.2 Å². The Morgan fingerprint density at radius 3 is 2.73 bits per heavy atom. The van der Waals surface area contributed by atoms with Crippen molar-refractivity contribution in [1.82, 2.24) is 4.90 Å². The molecule has 1 atom stereocenters. The van der Waals surface area contributed by atoms with Gasteiger partial charge < -0.3 is 4.90 Å². The van der Waals surface area contributed by atoms with E-state index in [4.69, 9.17) is 5.41 Å². The standard InChI is InChI=1S/C12H18N2S/c1-9(2)12(10-5-4-8-15-10)14-7-3-6-11(14)13/h4-5,8-9,12-13H,3,6-7H2,1-2H3. The minimum absolute atomic E-state index is 0.417. The monoisotopic (exact) mass is 222 g/mol. The maximum absolute atomic E-state index is 7.96. The predicted octanol–water partition coefficient (Wildman–Crippen LogP) is 3.52. The number of nitrogens with zero attached hydrogens (tertiary/aromatic N) is 1. The first-order chi connectivity index (χ1) is 7.20. The van der Waals surface area contributed by atoms with Gasteiger partial charge in [0.15, 0.2) is 0 Å². The Kier molecular flexibility index (Phi) is 3.10. The van der Waals surface area contributed by atoms with Crippen LogP contribution in [0.4, 0.5) is 0 Å². The zero-order valence-electron chi connectivity index (χ0n) is 9.36. The molecule has 1 aromatic heterocycles. The van der Waals surface area contributed by atoms with Gasteiger partial charge in [-0.2, -0.15) is 0 Å². The Balaban J connectivity index is 2.24. The van der Waals surface area contributed by atoms with Crippen molar-refractivity contribution < 1.29 is 0 Å². The third-order valence-corrected chi connectivity index (χ3v) is 3.90. The highest BCUT2D eigenvalue weighted by Crippen LogP contribution is 2.34. The lowest BCUT2D eigenvalue weighted by Gasteiger charge is -2.31. The van der Waals surface area contributed by atoms with Crippen molar-refractivity contribution in [3.63, 3.8) is 0 Å². The summed E-state index contributed by atoms with van der Waals surface area (Å²) < 4.78 is 0. The molecule has 2 rings (SSSR count). The van der Waals surface area contributed by atoms with Gasteiger partial charge in [0.1, 0.15) is 0 Å². The van der Waals surface area contributed by atoms with Crippen molar-refractivity contribution in [2.75, 3.05) is 6.54 Å². The first kappa shape index (κ1) is 10.7. The van der Waals surface area contributed by atoms with Gasteiger partial charge in [-0.1, -0.05) is 19.9 Å². The lowest BCUT2D eigenvalue weighted by atomic mass is 10.0. The van der Waals surface area contributed by atoms with Crippen LogP contribution in [-0.2, 0) is 0 Å². The number of likely N-dealkylation sites (tertiary alicyclic amines) is 1. The second-order valence-corrected chi connectivity index (χ2v) is 5.43. The summed E-state index contributed by atoms with van der Waals surface area (Å²) >= 11 is 1.81. The Morgan fingerprint density at radius 1 is 1.47 bits per heavy atom. The average molecular weight is 222 g/mol. The van der Waals surface area contributed by atoms with Crippen molar-refractivity contribution in [3.8, 4) is 0 Å². The summed E-state index contributed by atoms with van der Waals surface area (Å²) in [5.74, 6) is 1.39. The molecule has 1 aromatic rings. The fourth-order valence-electron chi connectivity index (χ4n) is 2.30. The lowest BCUT2D eigenvalue weighted by molar-refractivity contribution is 0.272. The fourth-order valence-corrected chi connectivity index (χ4v) is 3.31. The summed E-state index contributed by atoms with van der Waals surface area (Å²) in [7, 11) is 0. The van der Waals surface area contributed by atoms with Gasteiger partial charge in [-0.25, -0.2) is 0 Å². The maximum atomic E-state index is 7.96. The molecule has 0 spiro atoms. The molecule has 1 fully saturated rings. The summed E-state index contributed by atoms with van der Waals surface area (Å²) in [4.78, 5) is 3.67. The van der Waals surface area contributed by atoms with E-state index in [1.807, 2.05) is 11.3 Å². The zero-order chi connectivity index (χ0) is 10.8. The van der Waals surface area contributed by atoms with Crippen LogP contribution in [0.15, 0.2) is 17.5 Å². The smallest absolute Gasteiger partial charge is 0.0963 e. The van der Waals surface area contributed by atoms with Crippen LogP contribution in [0.25, 0.3) is 0 Å². The number of rotatable bonds is 3. The quantitative estimate of drug-likeness (QED) is 0.832. The van der Waals surface area contributed by atoms with Gasteiger partial charge in [0.2, 0.25) is 0 Å². The fraction of sp³-hybridized carbons (Fsp3) is 0.583. The molecule has 15 heavy (non-hydrogen) atoms. The Bertz CT molecular complexity index is 329. The number of nitrogens with one attached hydrogen (secondary N) is 1. The van der Waals surface area contributed by atoms with Crippen LogP contribution >= 0.6 is 11.3 Å². The molecule has 2 heterocycles. The molecule has 0 radical (unpaired) electrons. The normalized spacial score (nSPS) is 18.9. The Morgan fingerprint density at radius 2 is 2.27 bits per heavy atom. The summed E-state index contributed by atoms with van der Waals surface area (Å²) in [6.07, 6.45) is 2.10. The van der Waals surface area contributed by atoms with E-state index >= 15 is 0 Å². The van der Waals surface area contributed by atoms with Crippen LogP contribution in [-0.4, -0.2) is 17.3 Å². The van der Waals surface area contributed by atoms with E-state index < -0.39 is 0 Å². The van der Waals surface area contributed by atoms with Crippen molar-refractivity contribution in [3.05, 3.63) is 22.4 Å². The lowest BCUT2D eigenvalue weighted by Crippen LogP contribution is -2.32. The molecule has 0 amide bonds. The topological polar surface area (TPSA) is 27.1 Å². The summed E-state index contributed by atoms with van der Waals surface area (Å²) in [6.45, 7) is 5.55. The zero-order valence-corrected chi connectivity index (χ0v) is 10.2. The molecule has 2 nitrogen and oxygen atoms in total. The molecule has 0 aliphatic carbocycles. The number of amidine groups is 1. The average Bonchev–Trinajstić information content (AvgIpc) is 2.79. The summed E-state index contributed by atoms with van der Waals surface area (Å²) in [6, 6.07) is 4.72. The highest BCUT2D eigenvalue weighted by atomic mass is 32.1. The third-order valence-electron chi connectivity index (χ3n) is 2.96. The Hall–Kier alpha value is -0.830. The SMILES string of the molecule is CC(C)C(c1cccs1)N1CCCC1=N. The van der Waals surface area contributed by atoms with E-state index in [-0.39, 0.29) is 0 Å². The van der Waals surface area contributed by atoms with Gasteiger partial charge in [0, 0.05) is 17.8 Å². The Labute approximate surface area is 95.4 Å². The van der Waals surface area contributed by atoms with E-state index in [1.54, 1.807) is 0 Å². The molecular weight excluding hydrogens is 204 g/mol. The van der Waals surface area contributed by atoms with E-state index in [1.165, 1.54) is 4.88 Å². The first-order valence-electron chi connectivity index (χ1n) is 5.57. The van der Waals surface area contributed by atoms with Crippen LogP contribution < -0.4 is 0 Å². The minimum Gasteiger partial charge on any atom is -0.352 e. The van der Waals surface area contributed by atoms with E-state index in [0.29, 0.717) is 12.0 Å².